The molecule has 30 heavy (non-hydrogen) atoms. The summed E-state index contributed by atoms with van der Waals surface area (Å²) in [6, 6.07) is 9.28. The standard InChI is InChI=1S/C21H21N3O4S2/c1-13-4-6-16(7-5-13)23-17(25)10-24(3)18(26)11-28-21(27)19-14(2)22-20(30-19)15-8-9-29-12-15/h4-9,12H,10-11H2,1-3H3,(H,23,25). The van der Waals surface area contributed by atoms with E-state index in [-0.39, 0.29) is 12.5 Å². The zero-order valence-corrected chi connectivity index (χ0v) is 18.4. The number of carbonyl (C=O) groups is 3. The van der Waals surface area contributed by atoms with Gasteiger partial charge in [-0.25, -0.2) is 9.78 Å². The number of hydrogen-bond donors (Lipinski definition) is 1. The van der Waals surface area contributed by atoms with Crippen molar-refractivity contribution in [2.24, 2.45) is 0 Å². The molecule has 156 valence electrons. The van der Waals surface area contributed by atoms with Crippen molar-refractivity contribution in [3.63, 3.8) is 0 Å². The Labute approximate surface area is 182 Å². The van der Waals surface area contributed by atoms with Crippen molar-refractivity contribution in [3.05, 3.63) is 57.2 Å². The molecule has 3 rings (SSSR count). The number of anilines is 1. The number of nitrogens with one attached hydrogen (secondary N) is 1. The molecule has 0 saturated heterocycles. The molecule has 0 fully saturated rings. The van der Waals surface area contributed by atoms with E-state index in [0.717, 1.165) is 16.1 Å². The van der Waals surface area contributed by atoms with E-state index in [1.807, 2.05) is 35.9 Å². The van der Waals surface area contributed by atoms with Crippen LogP contribution in [0.3, 0.4) is 0 Å². The zero-order chi connectivity index (χ0) is 21.7. The van der Waals surface area contributed by atoms with Crippen LogP contribution in [0.4, 0.5) is 5.69 Å². The van der Waals surface area contributed by atoms with Gasteiger partial charge >= 0.3 is 5.97 Å². The molecule has 2 aromatic heterocycles. The number of benzene rings is 1. The minimum Gasteiger partial charge on any atom is -0.451 e. The number of esters is 1. The predicted octanol–water partition coefficient (Wildman–Crippen LogP) is 3.74. The lowest BCUT2D eigenvalue weighted by Gasteiger charge is -2.16. The van der Waals surface area contributed by atoms with Gasteiger partial charge in [-0.1, -0.05) is 17.7 Å². The molecule has 0 atom stereocenters. The van der Waals surface area contributed by atoms with E-state index >= 15 is 0 Å². The molecule has 1 aromatic carbocycles. The van der Waals surface area contributed by atoms with Gasteiger partial charge in [0.2, 0.25) is 5.91 Å². The van der Waals surface area contributed by atoms with Crippen molar-refractivity contribution in [3.8, 4) is 10.6 Å². The van der Waals surface area contributed by atoms with Crippen molar-refractivity contribution < 1.29 is 19.1 Å². The summed E-state index contributed by atoms with van der Waals surface area (Å²) in [4.78, 5) is 42.7. The number of likely N-dealkylation sites (N-methyl/N-ethyl adjacent to an activating group) is 1. The Morgan fingerprint density at radius 1 is 1.13 bits per heavy atom. The maximum absolute atomic E-state index is 12.4. The molecule has 2 amide bonds. The fourth-order valence-corrected chi connectivity index (χ4v) is 4.21. The van der Waals surface area contributed by atoms with E-state index in [0.29, 0.717) is 16.3 Å². The molecule has 0 unspecified atom stereocenters. The van der Waals surface area contributed by atoms with Gasteiger partial charge in [-0.05, 0) is 37.4 Å². The minimum atomic E-state index is -0.600. The SMILES string of the molecule is Cc1ccc(NC(=O)CN(C)C(=O)COC(=O)c2sc(-c3ccsc3)nc2C)cc1. The third-order valence-corrected chi connectivity index (χ3v) is 6.09. The molecule has 0 aliphatic rings. The van der Waals surface area contributed by atoms with Crippen LogP contribution in [0.1, 0.15) is 20.9 Å². The Bertz CT molecular complexity index is 1040. The molecule has 0 saturated carbocycles. The van der Waals surface area contributed by atoms with Gasteiger partial charge in [0, 0.05) is 23.7 Å². The largest absolute Gasteiger partial charge is 0.451 e. The van der Waals surface area contributed by atoms with Gasteiger partial charge in [-0.2, -0.15) is 11.3 Å². The second-order valence-corrected chi connectivity index (χ2v) is 8.46. The molecule has 1 N–H and O–H groups in total. The number of nitrogens with zero attached hydrogens (tertiary/aromatic N) is 2. The van der Waals surface area contributed by atoms with Gasteiger partial charge in [-0.3, -0.25) is 9.59 Å². The predicted molar refractivity (Wildman–Crippen MR) is 118 cm³/mol. The first-order chi connectivity index (χ1) is 14.3. The molecule has 3 aromatic rings. The highest BCUT2D eigenvalue weighted by Crippen LogP contribution is 2.29. The highest BCUT2D eigenvalue weighted by atomic mass is 32.1. The number of amides is 2. The molecule has 0 bridgehead atoms. The van der Waals surface area contributed by atoms with E-state index in [1.54, 1.807) is 30.4 Å². The van der Waals surface area contributed by atoms with E-state index in [9.17, 15) is 14.4 Å². The summed E-state index contributed by atoms with van der Waals surface area (Å²) < 4.78 is 5.15. The topological polar surface area (TPSA) is 88.6 Å². The van der Waals surface area contributed by atoms with Gasteiger partial charge < -0.3 is 15.0 Å². The van der Waals surface area contributed by atoms with Crippen molar-refractivity contribution in [1.29, 1.82) is 0 Å². The Balaban J connectivity index is 1.50. The van der Waals surface area contributed by atoms with Crippen LogP contribution in [0.25, 0.3) is 10.6 Å². The molecular formula is C21H21N3O4S2. The van der Waals surface area contributed by atoms with Gasteiger partial charge in [-0.15, -0.1) is 11.3 Å². The summed E-state index contributed by atoms with van der Waals surface area (Å²) in [5.41, 5.74) is 3.24. The number of thiophene rings is 1. The summed E-state index contributed by atoms with van der Waals surface area (Å²) in [5.74, 6) is -1.40. The average Bonchev–Trinajstić information content (AvgIpc) is 3.37. The normalized spacial score (nSPS) is 10.5. The number of aryl methyl sites for hydroxylation is 2. The van der Waals surface area contributed by atoms with Crippen LogP contribution in [0.2, 0.25) is 0 Å². The first-order valence-corrected chi connectivity index (χ1v) is 10.9. The van der Waals surface area contributed by atoms with Crippen LogP contribution in [0.5, 0.6) is 0 Å². The molecular weight excluding hydrogens is 422 g/mol. The van der Waals surface area contributed by atoms with E-state index in [4.69, 9.17) is 4.74 Å². The summed E-state index contributed by atoms with van der Waals surface area (Å²) in [7, 11) is 1.48. The summed E-state index contributed by atoms with van der Waals surface area (Å²) in [6.07, 6.45) is 0. The van der Waals surface area contributed by atoms with Gasteiger partial charge in [0.05, 0.1) is 12.2 Å². The second-order valence-electron chi connectivity index (χ2n) is 6.69. The summed E-state index contributed by atoms with van der Waals surface area (Å²) in [6.45, 7) is 3.09. The quantitative estimate of drug-likeness (QED) is 0.562. The number of carbonyl (C=O) groups excluding carboxylic acids is 3. The van der Waals surface area contributed by atoms with Crippen LogP contribution < -0.4 is 5.32 Å². The van der Waals surface area contributed by atoms with E-state index in [2.05, 4.69) is 10.3 Å². The molecule has 9 heteroatoms. The van der Waals surface area contributed by atoms with Crippen molar-refractivity contribution in [1.82, 2.24) is 9.88 Å². The Morgan fingerprint density at radius 3 is 2.53 bits per heavy atom. The van der Waals surface area contributed by atoms with Crippen LogP contribution in [-0.4, -0.2) is 47.9 Å². The third-order valence-electron chi connectivity index (χ3n) is 4.22. The lowest BCUT2D eigenvalue weighted by atomic mass is 10.2. The van der Waals surface area contributed by atoms with Gasteiger partial charge in [0.1, 0.15) is 9.88 Å². The van der Waals surface area contributed by atoms with Gasteiger partial charge in [0.15, 0.2) is 6.61 Å². The molecule has 7 nitrogen and oxygen atoms in total. The number of aromatic nitrogens is 1. The monoisotopic (exact) mass is 443 g/mol. The van der Waals surface area contributed by atoms with E-state index < -0.39 is 18.5 Å². The minimum absolute atomic E-state index is 0.147. The lowest BCUT2D eigenvalue weighted by Crippen LogP contribution is -2.37. The summed E-state index contributed by atoms with van der Waals surface area (Å²) >= 11 is 2.78. The smallest absolute Gasteiger partial charge is 0.350 e. The summed E-state index contributed by atoms with van der Waals surface area (Å²) in [5, 5.41) is 7.35. The molecule has 0 aliphatic carbocycles. The van der Waals surface area contributed by atoms with Crippen molar-refractivity contribution in [2.45, 2.75) is 13.8 Å². The fraction of sp³-hybridized carbons (Fsp3) is 0.238. The van der Waals surface area contributed by atoms with Crippen LogP contribution >= 0.6 is 22.7 Å². The fourth-order valence-electron chi connectivity index (χ4n) is 2.54. The number of thiazole rings is 1. The Hall–Kier alpha value is -3.04. The van der Waals surface area contributed by atoms with Crippen molar-refractivity contribution >= 4 is 46.1 Å². The Kier molecular flexibility index (Phi) is 6.96. The molecule has 0 aliphatic heterocycles. The number of hydrogen-bond acceptors (Lipinski definition) is 7. The molecule has 0 spiro atoms. The first kappa shape index (κ1) is 21.7. The second kappa shape index (κ2) is 9.64. The molecule has 2 heterocycles. The third kappa shape index (κ3) is 5.52. The Morgan fingerprint density at radius 2 is 1.87 bits per heavy atom. The average molecular weight is 444 g/mol. The van der Waals surface area contributed by atoms with Crippen LogP contribution in [-0.2, 0) is 14.3 Å². The number of ether oxygens (including phenoxy) is 1. The molecule has 0 radical (unpaired) electrons. The van der Waals surface area contributed by atoms with Crippen LogP contribution in [0.15, 0.2) is 41.1 Å². The maximum Gasteiger partial charge on any atom is 0.350 e. The number of rotatable bonds is 7. The zero-order valence-electron chi connectivity index (χ0n) is 16.8. The van der Waals surface area contributed by atoms with Gasteiger partial charge in [0.25, 0.3) is 5.91 Å². The highest BCUT2D eigenvalue weighted by molar-refractivity contribution is 7.17. The van der Waals surface area contributed by atoms with E-state index in [1.165, 1.54) is 23.3 Å². The maximum atomic E-state index is 12.4. The first-order valence-electron chi connectivity index (χ1n) is 9.11. The highest BCUT2D eigenvalue weighted by Gasteiger charge is 2.20. The van der Waals surface area contributed by atoms with Crippen LogP contribution in [0, 0.1) is 13.8 Å². The lowest BCUT2D eigenvalue weighted by molar-refractivity contribution is -0.136. The van der Waals surface area contributed by atoms with Crippen molar-refractivity contribution in [2.75, 3.05) is 25.5 Å².